The summed E-state index contributed by atoms with van der Waals surface area (Å²) in [4.78, 5) is 25.3. The van der Waals surface area contributed by atoms with Crippen LogP contribution >= 0.6 is 0 Å². The SMILES string of the molecule is CC(=O)N(CCC(=O)Nc1ccc(C(F)(F)F)cc1)c1ccccc1C#N. The highest BCUT2D eigenvalue weighted by atomic mass is 19.4. The van der Waals surface area contributed by atoms with E-state index in [1.54, 1.807) is 24.3 Å². The number of hydrogen-bond acceptors (Lipinski definition) is 3. The number of amides is 2. The zero-order chi connectivity index (χ0) is 20.0. The molecule has 0 aliphatic rings. The van der Waals surface area contributed by atoms with E-state index in [0.717, 1.165) is 24.3 Å². The third kappa shape index (κ3) is 5.31. The van der Waals surface area contributed by atoms with Crippen molar-refractivity contribution in [2.75, 3.05) is 16.8 Å². The van der Waals surface area contributed by atoms with Gasteiger partial charge >= 0.3 is 6.18 Å². The molecule has 0 aromatic heterocycles. The zero-order valence-electron chi connectivity index (χ0n) is 14.4. The molecular weight excluding hydrogens is 359 g/mol. The van der Waals surface area contributed by atoms with Gasteiger partial charge in [0.05, 0.1) is 16.8 Å². The van der Waals surface area contributed by atoms with Gasteiger partial charge in [0.1, 0.15) is 6.07 Å². The van der Waals surface area contributed by atoms with Crippen LogP contribution < -0.4 is 10.2 Å². The number of hydrogen-bond donors (Lipinski definition) is 1. The lowest BCUT2D eigenvalue weighted by atomic mass is 10.1. The molecule has 0 aliphatic heterocycles. The number of carbonyl (C=O) groups is 2. The summed E-state index contributed by atoms with van der Waals surface area (Å²) in [5, 5.41) is 11.6. The van der Waals surface area contributed by atoms with Crippen molar-refractivity contribution in [1.29, 1.82) is 5.26 Å². The molecule has 2 rings (SSSR count). The molecule has 0 aliphatic carbocycles. The summed E-state index contributed by atoms with van der Waals surface area (Å²) >= 11 is 0. The van der Waals surface area contributed by atoms with Crippen LogP contribution in [0.3, 0.4) is 0 Å². The molecule has 0 saturated carbocycles. The molecule has 0 bridgehead atoms. The van der Waals surface area contributed by atoms with Crippen LogP contribution in [0, 0.1) is 11.3 Å². The van der Waals surface area contributed by atoms with Gasteiger partial charge in [-0.1, -0.05) is 12.1 Å². The summed E-state index contributed by atoms with van der Waals surface area (Å²) in [6.45, 7) is 1.35. The molecule has 2 aromatic rings. The molecule has 0 heterocycles. The molecule has 2 amide bonds. The van der Waals surface area contributed by atoms with Crippen molar-refractivity contribution in [2.24, 2.45) is 0 Å². The highest BCUT2D eigenvalue weighted by Gasteiger charge is 2.30. The van der Waals surface area contributed by atoms with Crippen LogP contribution in [-0.4, -0.2) is 18.4 Å². The third-order valence-corrected chi connectivity index (χ3v) is 3.75. The van der Waals surface area contributed by atoms with E-state index in [-0.39, 0.29) is 24.6 Å². The maximum absolute atomic E-state index is 12.5. The zero-order valence-corrected chi connectivity index (χ0v) is 14.4. The van der Waals surface area contributed by atoms with Crippen LogP contribution in [0.1, 0.15) is 24.5 Å². The number of anilines is 2. The normalized spacial score (nSPS) is 10.8. The first-order valence-corrected chi connectivity index (χ1v) is 7.96. The second-order valence-electron chi connectivity index (χ2n) is 5.67. The van der Waals surface area contributed by atoms with Crippen LogP contribution in [-0.2, 0) is 15.8 Å². The lowest BCUT2D eigenvalue weighted by Crippen LogP contribution is -2.32. The molecule has 1 N–H and O–H groups in total. The van der Waals surface area contributed by atoms with Crippen molar-refractivity contribution in [3.8, 4) is 6.07 Å². The topological polar surface area (TPSA) is 73.2 Å². The minimum Gasteiger partial charge on any atom is -0.326 e. The molecule has 5 nitrogen and oxygen atoms in total. The molecule has 2 aromatic carbocycles. The average molecular weight is 375 g/mol. The molecule has 27 heavy (non-hydrogen) atoms. The Labute approximate surface area is 154 Å². The number of benzene rings is 2. The second kappa shape index (κ2) is 8.36. The van der Waals surface area contributed by atoms with Gasteiger partial charge in [0, 0.05) is 25.6 Å². The predicted molar refractivity (Wildman–Crippen MR) is 93.9 cm³/mol. The van der Waals surface area contributed by atoms with Crippen molar-refractivity contribution < 1.29 is 22.8 Å². The van der Waals surface area contributed by atoms with Crippen LogP contribution in [0.15, 0.2) is 48.5 Å². The summed E-state index contributed by atoms with van der Waals surface area (Å²) in [6, 6.07) is 12.6. The van der Waals surface area contributed by atoms with Crippen molar-refractivity contribution >= 4 is 23.2 Å². The number of para-hydroxylation sites is 1. The number of nitriles is 1. The van der Waals surface area contributed by atoms with Crippen LogP contribution in [0.5, 0.6) is 0 Å². The lowest BCUT2D eigenvalue weighted by molar-refractivity contribution is -0.137. The van der Waals surface area contributed by atoms with Gasteiger partial charge in [0.2, 0.25) is 11.8 Å². The minimum atomic E-state index is -4.45. The Kier molecular flexibility index (Phi) is 6.19. The largest absolute Gasteiger partial charge is 0.416 e. The molecule has 0 radical (unpaired) electrons. The molecule has 140 valence electrons. The Balaban J connectivity index is 2.02. The van der Waals surface area contributed by atoms with Gasteiger partial charge in [-0.15, -0.1) is 0 Å². The predicted octanol–water partition coefficient (Wildman–Crippen LogP) is 3.96. The fourth-order valence-corrected chi connectivity index (χ4v) is 2.43. The maximum atomic E-state index is 12.5. The maximum Gasteiger partial charge on any atom is 0.416 e. The van der Waals surface area contributed by atoms with Gasteiger partial charge in [-0.2, -0.15) is 18.4 Å². The summed E-state index contributed by atoms with van der Waals surface area (Å²) in [5.41, 5.74) is 0.113. The third-order valence-electron chi connectivity index (χ3n) is 3.75. The van der Waals surface area contributed by atoms with Crippen molar-refractivity contribution in [1.82, 2.24) is 0 Å². The first-order valence-electron chi connectivity index (χ1n) is 7.96. The number of carbonyl (C=O) groups excluding carboxylic acids is 2. The lowest BCUT2D eigenvalue weighted by Gasteiger charge is -2.22. The molecular formula is C19H16F3N3O2. The number of nitrogens with one attached hydrogen (secondary N) is 1. The van der Waals surface area contributed by atoms with E-state index in [4.69, 9.17) is 5.26 Å². The van der Waals surface area contributed by atoms with E-state index in [0.29, 0.717) is 11.3 Å². The Hall–Kier alpha value is -3.34. The van der Waals surface area contributed by atoms with Gasteiger partial charge < -0.3 is 10.2 Å². The van der Waals surface area contributed by atoms with Crippen LogP contribution in [0.4, 0.5) is 24.5 Å². The molecule has 0 unspecified atom stereocenters. The highest BCUT2D eigenvalue weighted by molar-refractivity contribution is 5.95. The van der Waals surface area contributed by atoms with E-state index in [2.05, 4.69) is 5.32 Å². The van der Waals surface area contributed by atoms with E-state index in [1.807, 2.05) is 6.07 Å². The van der Waals surface area contributed by atoms with Crippen molar-refractivity contribution in [3.63, 3.8) is 0 Å². The van der Waals surface area contributed by atoms with E-state index < -0.39 is 17.6 Å². The second-order valence-corrected chi connectivity index (χ2v) is 5.67. The van der Waals surface area contributed by atoms with E-state index in [1.165, 1.54) is 11.8 Å². The van der Waals surface area contributed by atoms with Crippen LogP contribution in [0.2, 0.25) is 0 Å². The van der Waals surface area contributed by atoms with Gasteiger partial charge in [-0.05, 0) is 36.4 Å². The fourth-order valence-electron chi connectivity index (χ4n) is 2.43. The first kappa shape index (κ1) is 20.0. The Morgan fingerprint density at radius 2 is 1.74 bits per heavy atom. The number of rotatable bonds is 5. The standard InChI is InChI=1S/C19H16F3N3O2/c1-13(26)25(17-5-3-2-4-14(17)12-23)11-10-18(27)24-16-8-6-15(7-9-16)19(20,21)22/h2-9H,10-11H2,1H3,(H,24,27). The summed E-state index contributed by atoms with van der Waals surface area (Å²) in [7, 11) is 0. The van der Waals surface area contributed by atoms with Gasteiger partial charge in [-0.25, -0.2) is 0 Å². The smallest absolute Gasteiger partial charge is 0.326 e. The monoisotopic (exact) mass is 375 g/mol. The van der Waals surface area contributed by atoms with Gasteiger partial charge in [0.15, 0.2) is 0 Å². The van der Waals surface area contributed by atoms with Gasteiger partial charge in [-0.3, -0.25) is 9.59 Å². The van der Waals surface area contributed by atoms with E-state index >= 15 is 0 Å². The molecule has 0 fully saturated rings. The highest BCUT2D eigenvalue weighted by Crippen LogP contribution is 2.29. The number of alkyl halides is 3. The quantitative estimate of drug-likeness (QED) is 0.860. The summed E-state index contributed by atoms with van der Waals surface area (Å²) in [6.07, 6.45) is -4.53. The number of halogens is 3. The van der Waals surface area contributed by atoms with Crippen molar-refractivity contribution in [3.05, 3.63) is 59.7 Å². The van der Waals surface area contributed by atoms with Crippen LogP contribution in [0.25, 0.3) is 0 Å². The molecule has 0 saturated heterocycles. The number of nitrogens with zero attached hydrogens (tertiary/aromatic N) is 2. The fraction of sp³-hybridized carbons (Fsp3) is 0.211. The average Bonchev–Trinajstić information content (AvgIpc) is 2.61. The molecule has 8 heteroatoms. The Bertz CT molecular complexity index is 871. The summed E-state index contributed by atoms with van der Waals surface area (Å²) in [5.74, 6) is -0.796. The molecule has 0 atom stereocenters. The summed E-state index contributed by atoms with van der Waals surface area (Å²) < 4.78 is 37.6. The Morgan fingerprint density at radius 1 is 1.11 bits per heavy atom. The minimum absolute atomic E-state index is 0.0283. The first-order chi connectivity index (χ1) is 12.7. The van der Waals surface area contributed by atoms with E-state index in [9.17, 15) is 22.8 Å². The molecule has 0 spiro atoms. The Morgan fingerprint density at radius 3 is 2.30 bits per heavy atom. The van der Waals surface area contributed by atoms with Crippen molar-refractivity contribution in [2.45, 2.75) is 19.5 Å². The van der Waals surface area contributed by atoms with Gasteiger partial charge in [0.25, 0.3) is 0 Å².